The molecule has 0 bridgehead atoms. The van der Waals surface area contributed by atoms with Crippen LogP contribution in [0.4, 0.5) is 0 Å². The molecule has 0 spiro atoms. The molecular weight excluding hydrogens is 262 g/mol. The fraction of sp³-hybridized carbons (Fsp3) is 0.929. The van der Waals surface area contributed by atoms with Crippen molar-refractivity contribution in [1.29, 1.82) is 0 Å². The third-order valence-corrected chi connectivity index (χ3v) is 4.62. The van der Waals surface area contributed by atoms with E-state index in [1.165, 1.54) is 6.42 Å². The largest absolute Gasteiger partial charge is 0.340 e. The summed E-state index contributed by atoms with van der Waals surface area (Å²) < 4.78 is 0. The standard InChI is InChI=1S/C14H27N3O.ClH/c1-4-14(2,3)13(18)17-9-7-16(8-10-17)12-5-6-15-11-12;/h12,15H,4-11H2,1-3H3;1H. The average Bonchev–Trinajstić information content (AvgIpc) is 2.92. The Kier molecular flexibility index (Phi) is 6.09. The Morgan fingerprint density at radius 2 is 1.89 bits per heavy atom. The van der Waals surface area contributed by atoms with Crippen LogP contribution in [0.5, 0.6) is 0 Å². The lowest BCUT2D eigenvalue weighted by molar-refractivity contribution is -0.142. The molecule has 0 saturated carbocycles. The smallest absolute Gasteiger partial charge is 0.228 e. The highest BCUT2D eigenvalue weighted by atomic mass is 35.5. The van der Waals surface area contributed by atoms with Gasteiger partial charge in [-0.3, -0.25) is 9.69 Å². The minimum Gasteiger partial charge on any atom is -0.340 e. The minimum atomic E-state index is -0.197. The molecule has 2 saturated heterocycles. The van der Waals surface area contributed by atoms with Gasteiger partial charge < -0.3 is 10.2 Å². The van der Waals surface area contributed by atoms with Gasteiger partial charge in [0.2, 0.25) is 5.91 Å². The zero-order valence-electron chi connectivity index (χ0n) is 12.4. The van der Waals surface area contributed by atoms with Gasteiger partial charge in [-0.05, 0) is 19.4 Å². The van der Waals surface area contributed by atoms with Crippen LogP contribution < -0.4 is 5.32 Å². The van der Waals surface area contributed by atoms with Crippen LogP contribution >= 0.6 is 12.4 Å². The first-order chi connectivity index (χ1) is 8.54. The monoisotopic (exact) mass is 289 g/mol. The lowest BCUT2D eigenvalue weighted by Gasteiger charge is -2.40. The van der Waals surface area contributed by atoms with E-state index in [0.29, 0.717) is 11.9 Å². The van der Waals surface area contributed by atoms with Crippen LogP contribution in [0.15, 0.2) is 0 Å². The molecule has 0 aliphatic carbocycles. The second-order valence-corrected chi connectivity index (χ2v) is 6.21. The summed E-state index contributed by atoms with van der Waals surface area (Å²) in [7, 11) is 0. The number of nitrogens with zero attached hydrogens (tertiary/aromatic N) is 2. The summed E-state index contributed by atoms with van der Waals surface area (Å²) >= 11 is 0. The van der Waals surface area contributed by atoms with Gasteiger partial charge in [-0.2, -0.15) is 0 Å². The quantitative estimate of drug-likeness (QED) is 0.852. The summed E-state index contributed by atoms with van der Waals surface area (Å²) in [6.07, 6.45) is 2.17. The Morgan fingerprint density at radius 3 is 2.37 bits per heavy atom. The van der Waals surface area contributed by atoms with E-state index in [9.17, 15) is 4.79 Å². The zero-order chi connectivity index (χ0) is 13.2. The van der Waals surface area contributed by atoms with Crippen LogP contribution in [0.3, 0.4) is 0 Å². The molecule has 2 fully saturated rings. The van der Waals surface area contributed by atoms with Crippen LogP contribution in [0.2, 0.25) is 0 Å². The normalized spacial score (nSPS) is 25.2. The number of carbonyl (C=O) groups is 1. The molecule has 2 rings (SSSR count). The predicted molar refractivity (Wildman–Crippen MR) is 80.7 cm³/mol. The first-order valence-electron chi connectivity index (χ1n) is 7.29. The molecule has 0 aromatic heterocycles. The molecule has 2 aliphatic heterocycles. The van der Waals surface area contributed by atoms with Crippen LogP contribution in [0.1, 0.15) is 33.6 Å². The maximum atomic E-state index is 12.4. The van der Waals surface area contributed by atoms with Gasteiger partial charge in [-0.15, -0.1) is 12.4 Å². The Hall–Kier alpha value is -0.320. The summed E-state index contributed by atoms with van der Waals surface area (Å²) in [6, 6.07) is 0.696. The SMILES string of the molecule is CCC(C)(C)C(=O)N1CCN(C2CCNC2)CC1.Cl. The molecule has 0 aromatic carbocycles. The van der Waals surface area contributed by atoms with Crippen LogP contribution in [-0.2, 0) is 4.79 Å². The van der Waals surface area contributed by atoms with Crippen molar-refractivity contribution in [3.05, 3.63) is 0 Å². The lowest BCUT2D eigenvalue weighted by Crippen LogP contribution is -2.54. The summed E-state index contributed by atoms with van der Waals surface area (Å²) in [5.74, 6) is 0.328. The lowest BCUT2D eigenvalue weighted by atomic mass is 9.88. The number of carbonyl (C=O) groups excluding carboxylic acids is 1. The maximum Gasteiger partial charge on any atom is 0.228 e. The second-order valence-electron chi connectivity index (χ2n) is 6.21. The molecule has 4 nitrogen and oxygen atoms in total. The fourth-order valence-electron chi connectivity index (χ4n) is 2.82. The summed E-state index contributed by atoms with van der Waals surface area (Å²) in [6.45, 7) is 12.4. The summed E-state index contributed by atoms with van der Waals surface area (Å²) in [4.78, 5) is 17.0. The number of piperazine rings is 1. The van der Waals surface area contributed by atoms with E-state index in [-0.39, 0.29) is 17.8 Å². The van der Waals surface area contributed by atoms with Gasteiger partial charge in [0.1, 0.15) is 0 Å². The number of halogens is 1. The fourth-order valence-corrected chi connectivity index (χ4v) is 2.82. The van der Waals surface area contributed by atoms with Crippen molar-refractivity contribution in [3.8, 4) is 0 Å². The minimum absolute atomic E-state index is 0. The average molecular weight is 290 g/mol. The number of nitrogens with one attached hydrogen (secondary N) is 1. The molecule has 1 N–H and O–H groups in total. The Labute approximate surface area is 123 Å². The van der Waals surface area contributed by atoms with Crippen LogP contribution in [0, 0.1) is 5.41 Å². The van der Waals surface area contributed by atoms with E-state index in [1.54, 1.807) is 0 Å². The van der Waals surface area contributed by atoms with E-state index in [4.69, 9.17) is 0 Å². The summed E-state index contributed by atoms with van der Waals surface area (Å²) in [5.41, 5.74) is -0.197. The molecular formula is C14H28ClN3O. The van der Waals surface area contributed by atoms with Gasteiger partial charge in [0.05, 0.1) is 0 Å². The van der Waals surface area contributed by atoms with Crippen molar-refractivity contribution < 1.29 is 4.79 Å². The van der Waals surface area contributed by atoms with Crippen LogP contribution in [-0.4, -0.2) is 61.0 Å². The van der Waals surface area contributed by atoms with Crippen molar-refractivity contribution in [2.24, 2.45) is 5.41 Å². The highest BCUT2D eigenvalue weighted by Crippen LogP contribution is 2.24. The highest BCUT2D eigenvalue weighted by Gasteiger charge is 2.33. The first kappa shape index (κ1) is 16.7. The molecule has 1 atom stereocenters. The van der Waals surface area contributed by atoms with E-state index in [2.05, 4.69) is 35.9 Å². The van der Waals surface area contributed by atoms with Crippen molar-refractivity contribution in [2.75, 3.05) is 39.3 Å². The van der Waals surface area contributed by atoms with E-state index in [1.807, 2.05) is 0 Å². The van der Waals surface area contributed by atoms with Crippen molar-refractivity contribution in [1.82, 2.24) is 15.1 Å². The predicted octanol–water partition coefficient (Wildman–Crippen LogP) is 1.35. The van der Waals surface area contributed by atoms with Gasteiger partial charge in [0, 0.05) is 44.2 Å². The van der Waals surface area contributed by atoms with Gasteiger partial charge in [-0.25, -0.2) is 0 Å². The third kappa shape index (κ3) is 3.83. The summed E-state index contributed by atoms with van der Waals surface area (Å²) in [5, 5.41) is 3.41. The number of rotatable bonds is 3. The maximum absolute atomic E-state index is 12.4. The number of hydrogen-bond acceptors (Lipinski definition) is 3. The molecule has 2 aliphatic rings. The highest BCUT2D eigenvalue weighted by molar-refractivity contribution is 5.85. The van der Waals surface area contributed by atoms with Crippen LogP contribution in [0.25, 0.3) is 0 Å². The second kappa shape index (κ2) is 6.91. The molecule has 0 radical (unpaired) electrons. The Bertz CT molecular complexity index is 295. The Morgan fingerprint density at radius 1 is 1.26 bits per heavy atom. The number of hydrogen-bond donors (Lipinski definition) is 1. The molecule has 5 heteroatoms. The van der Waals surface area contributed by atoms with Crippen molar-refractivity contribution >= 4 is 18.3 Å². The molecule has 1 unspecified atom stereocenters. The van der Waals surface area contributed by atoms with Crippen molar-refractivity contribution in [3.63, 3.8) is 0 Å². The zero-order valence-corrected chi connectivity index (χ0v) is 13.3. The van der Waals surface area contributed by atoms with E-state index in [0.717, 1.165) is 45.7 Å². The first-order valence-corrected chi connectivity index (χ1v) is 7.29. The Balaban J connectivity index is 0.00000180. The van der Waals surface area contributed by atoms with E-state index >= 15 is 0 Å². The molecule has 1 amide bonds. The van der Waals surface area contributed by atoms with Gasteiger partial charge in [0.15, 0.2) is 0 Å². The molecule has 0 aromatic rings. The molecule has 112 valence electrons. The molecule has 19 heavy (non-hydrogen) atoms. The van der Waals surface area contributed by atoms with Gasteiger partial charge >= 0.3 is 0 Å². The van der Waals surface area contributed by atoms with Gasteiger partial charge in [0.25, 0.3) is 0 Å². The van der Waals surface area contributed by atoms with Gasteiger partial charge in [-0.1, -0.05) is 20.8 Å². The van der Waals surface area contributed by atoms with E-state index < -0.39 is 0 Å². The molecule has 2 heterocycles. The number of amides is 1. The third-order valence-electron chi connectivity index (χ3n) is 4.62. The van der Waals surface area contributed by atoms with Crippen molar-refractivity contribution in [2.45, 2.75) is 39.7 Å². The topological polar surface area (TPSA) is 35.6 Å².